The summed E-state index contributed by atoms with van der Waals surface area (Å²) in [6.45, 7) is 5.85. The quantitative estimate of drug-likeness (QED) is 0.354. The molecule has 0 radical (unpaired) electrons. The molecule has 0 heterocycles. The molecule has 0 bridgehead atoms. The van der Waals surface area contributed by atoms with Gasteiger partial charge in [0.15, 0.2) is 0 Å². The minimum Gasteiger partial charge on any atom is -0.103 e. The molecule has 0 spiro atoms. The standard InChI is InChI=1S/C8H15Br/c1-3-4-5-6-7-8(2)9/h3,8H,1,4-7H2,2H3. The van der Waals surface area contributed by atoms with E-state index in [1.807, 2.05) is 6.08 Å². The molecule has 0 N–H and O–H groups in total. The van der Waals surface area contributed by atoms with E-state index in [1.54, 1.807) is 0 Å². The van der Waals surface area contributed by atoms with E-state index in [0.717, 1.165) is 0 Å². The number of alkyl halides is 1. The topological polar surface area (TPSA) is 0 Å². The van der Waals surface area contributed by atoms with Crippen LogP contribution in [0, 0.1) is 0 Å². The van der Waals surface area contributed by atoms with E-state index in [1.165, 1.54) is 25.7 Å². The first-order valence-electron chi connectivity index (χ1n) is 3.52. The summed E-state index contributed by atoms with van der Waals surface area (Å²) in [6.07, 6.45) is 7.05. The maximum Gasteiger partial charge on any atom is 0.0117 e. The first-order chi connectivity index (χ1) is 4.27. The number of hydrogen-bond donors (Lipinski definition) is 0. The van der Waals surface area contributed by atoms with Gasteiger partial charge in [-0.15, -0.1) is 6.58 Å². The molecule has 0 aromatic heterocycles. The van der Waals surface area contributed by atoms with Gasteiger partial charge in [0, 0.05) is 4.83 Å². The van der Waals surface area contributed by atoms with E-state index >= 15 is 0 Å². The number of unbranched alkanes of at least 4 members (excludes halogenated alkanes) is 2. The van der Waals surface area contributed by atoms with Crippen molar-refractivity contribution in [1.82, 2.24) is 0 Å². The fraction of sp³-hybridized carbons (Fsp3) is 0.750. The third kappa shape index (κ3) is 8.22. The molecule has 9 heavy (non-hydrogen) atoms. The molecule has 1 atom stereocenters. The van der Waals surface area contributed by atoms with Crippen molar-refractivity contribution in [2.45, 2.75) is 37.4 Å². The van der Waals surface area contributed by atoms with Crippen LogP contribution in [-0.4, -0.2) is 4.83 Å². The smallest absolute Gasteiger partial charge is 0.0117 e. The van der Waals surface area contributed by atoms with E-state index in [4.69, 9.17) is 0 Å². The van der Waals surface area contributed by atoms with Gasteiger partial charge in [0.2, 0.25) is 0 Å². The Balaban J connectivity index is 2.82. The zero-order valence-corrected chi connectivity index (χ0v) is 7.65. The molecule has 0 aliphatic rings. The second-order valence-electron chi connectivity index (χ2n) is 2.35. The highest BCUT2D eigenvalue weighted by Gasteiger charge is 1.92. The van der Waals surface area contributed by atoms with Crippen LogP contribution in [0.4, 0.5) is 0 Å². The number of hydrogen-bond acceptors (Lipinski definition) is 0. The first-order valence-corrected chi connectivity index (χ1v) is 4.44. The average molecular weight is 191 g/mol. The molecule has 0 saturated carbocycles. The Hall–Kier alpha value is 0.220. The zero-order valence-electron chi connectivity index (χ0n) is 6.07. The van der Waals surface area contributed by atoms with Crippen molar-refractivity contribution in [2.24, 2.45) is 0 Å². The van der Waals surface area contributed by atoms with Crippen molar-refractivity contribution in [3.05, 3.63) is 12.7 Å². The van der Waals surface area contributed by atoms with Crippen LogP contribution >= 0.6 is 15.9 Å². The average Bonchev–Trinajstić information content (AvgIpc) is 1.80. The molecule has 0 saturated heterocycles. The maximum atomic E-state index is 3.67. The third-order valence-corrected chi connectivity index (χ3v) is 1.72. The minimum atomic E-state index is 0.683. The molecule has 0 nitrogen and oxygen atoms in total. The predicted octanol–water partition coefficient (Wildman–Crippen LogP) is 3.52. The largest absolute Gasteiger partial charge is 0.103 e. The Labute approximate surface area is 66.5 Å². The summed E-state index contributed by atoms with van der Waals surface area (Å²) in [4.78, 5) is 0.683. The van der Waals surface area contributed by atoms with Gasteiger partial charge in [-0.1, -0.05) is 35.4 Å². The summed E-state index contributed by atoms with van der Waals surface area (Å²) in [5.74, 6) is 0. The van der Waals surface area contributed by atoms with E-state index in [9.17, 15) is 0 Å². The number of halogens is 1. The Kier molecular flexibility index (Phi) is 6.50. The van der Waals surface area contributed by atoms with Crippen LogP contribution in [0.2, 0.25) is 0 Å². The van der Waals surface area contributed by atoms with Crippen LogP contribution < -0.4 is 0 Å². The second-order valence-corrected chi connectivity index (χ2v) is 3.92. The third-order valence-electron chi connectivity index (χ3n) is 1.26. The Morgan fingerprint density at radius 2 is 2.22 bits per heavy atom. The van der Waals surface area contributed by atoms with E-state index in [0.29, 0.717) is 4.83 Å². The molecular weight excluding hydrogens is 176 g/mol. The van der Waals surface area contributed by atoms with Crippen LogP contribution in [0.1, 0.15) is 32.6 Å². The molecule has 0 aliphatic heterocycles. The van der Waals surface area contributed by atoms with Gasteiger partial charge in [-0.3, -0.25) is 0 Å². The minimum absolute atomic E-state index is 0.683. The molecule has 1 unspecified atom stereocenters. The normalized spacial score (nSPS) is 13.1. The van der Waals surface area contributed by atoms with Gasteiger partial charge in [0.05, 0.1) is 0 Å². The Morgan fingerprint density at radius 3 is 2.67 bits per heavy atom. The molecule has 54 valence electrons. The monoisotopic (exact) mass is 190 g/mol. The molecule has 0 aromatic carbocycles. The van der Waals surface area contributed by atoms with Crippen LogP contribution in [0.3, 0.4) is 0 Å². The zero-order chi connectivity index (χ0) is 7.11. The lowest BCUT2D eigenvalue weighted by atomic mass is 10.2. The summed E-state index contributed by atoms with van der Waals surface area (Å²) in [5.41, 5.74) is 0. The summed E-state index contributed by atoms with van der Waals surface area (Å²) in [6, 6.07) is 0. The highest BCUT2D eigenvalue weighted by molar-refractivity contribution is 9.09. The predicted molar refractivity (Wildman–Crippen MR) is 47.1 cm³/mol. The lowest BCUT2D eigenvalue weighted by molar-refractivity contribution is 0.689. The molecule has 0 aromatic rings. The molecule has 1 heteroatoms. The summed E-state index contributed by atoms with van der Waals surface area (Å²) in [5, 5.41) is 0. The SMILES string of the molecule is C=CCCCCC(C)Br. The van der Waals surface area contributed by atoms with Gasteiger partial charge in [-0.2, -0.15) is 0 Å². The summed E-state index contributed by atoms with van der Waals surface area (Å²) in [7, 11) is 0. The first kappa shape index (κ1) is 9.22. The fourth-order valence-electron chi connectivity index (χ4n) is 0.714. The highest BCUT2D eigenvalue weighted by atomic mass is 79.9. The van der Waals surface area contributed by atoms with Gasteiger partial charge < -0.3 is 0 Å². The molecule has 0 aliphatic carbocycles. The van der Waals surface area contributed by atoms with Gasteiger partial charge in [-0.05, 0) is 19.3 Å². The van der Waals surface area contributed by atoms with Crippen LogP contribution in [-0.2, 0) is 0 Å². The van der Waals surface area contributed by atoms with E-state index < -0.39 is 0 Å². The van der Waals surface area contributed by atoms with Crippen molar-refractivity contribution in [3.8, 4) is 0 Å². The van der Waals surface area contributed by atoms with Crippen molar-refractivity contribution < 1.29 is 0 Å². The lowest BCUT2D eigenvalue weighted by Crippen LogP contribution is -1.88. The number of rotatable bonds is 5. The number of allylic oxidation sites excluding steroid dienone is 1. The van der Waals surface area contributed by atoms with Gasteiger partial charge in [0.25, 0.3) is 0 Å². The van der Waals surface area contributed by atoms with E-state index in [2.05, 4.69) is 29.4 Å². The van der Waals surface area contributed by atoms with Crippen LogP contribution in [0.5, 0.6) is 0 Å². The summed E-state index contributed by atoms with van der Waals surface area (Å²) < 4.78 is 0. The van der Waals surface area contributed by atoms with Gasteiger partial charge in [-0.25, -0.2) is 0 Å². The maximum absolute atomic E-state index is 3.67. The molecule has 0 amide bonds. The van der Waals surface area contributed by atoms with Crippen LogP contribution in [0.25, 0.3) is 0 Å². The van der Waals surface area contributed by atoms with Gasteiger partial charge >= 0.3 is 0 Å². The summed E-state index contributed by atoms with van der Waals surface area (Å²) >= 11 is 3.50. The Morgan fingerprint density at radius 1 is 1.56 bits per heavy atom. The molecular formula is C8H15Br. The Bertz CT molecular complexity index is 67.0. The fourth-order valence-corrected chi connectivity index (χ4v) is 1.04. The molecule has 0 fully saturated rings. The highest BCUT2D eigenvalue weighted by Crippen LogP contribution is 2.09. The van der Waals surface area contributed by atoms with E-state index in [-0.39, 0.29) is 0 Å². The second kappa shape index (κ2) is 6.34. The van der Waals surface area contributed by atoms with Crippen molar-refractivity contribution in [1.29, 1.82) is 0 Å². The van der Waals surface area contributed by atoms with Crippen molar-refractivity contribution >= 4 is 15.9 Å². The van der Waals surface area contributed by atoms with Gasteiger partial charge in [0.1, 0.15) is 0 Å². The van der Waals surface area contributed by atoms with Crippen molar-refractivity contribution in [3.63, 3.8) is 0 Å². The van der Waals surface area contributed by atoms with Crippen molar-refractivity contribution in [2.75, 3.05) is 0 Å². The van der Waals surface area contributed by atoms with Crippen LogP contribution in [0.15, 0.2) is 12.7 Å². The molecule has 0 rings (SSSR count). The lowest BCUT2D eigenvalue weighted by Gasteiger charge is -1.99.